The van der Waals surface area contributed by atoms with E-state index in [1.165, 1.54) is 19.3 Å². The fourth-order valence-electron chi connectivity index (χ4n) is 2.02. The predicted molar refractivity (Wildman–Crippen MR) is 62.2 cm³/mol. The van der Waals surface area contributed by atoms with Gasteiger partial charge in [0.25, 0.3) is 0 Å². The van der Waals surface area contributed by atoms with Crippen LogP contribution in [-0.2, 0) is 0 Å². The number of unbranched alkanes of at least 4 members (excludes halogenated alkanes) is 2. The first kappa shape index (κ1) is 13.9. The van der Waals surface area contributed by atoms with Gasteiger partial charge in [0.05, 0.1) is 0 Å². The topological polar surface area (TPSA) is 46.2 Å². The first-order chi connectivity index (χ1) is 6.60. The highest BCUT2D eigenvalue weighted by Gasteiger charge is 2.29. The molecule has 3 N–H and O–H groups in total. The summed E-state index contributed by atoms with van der Waals surface area (Å²) in [6.07, 6.45) is 6.75. The van der Waals surface area contributed by atoms with Gasteiger partial charge in [-0.25, -0.2) is 0 Å². The third-order valence-electron chi connectivity index (χ3n) is 3.37. The minimum absolute atomic E-state index is 0.138. The summed E-state index contributed by atoms with van der Waals surface area (Å²) >= 11 is 0. The Labute approximate surface area is 88.9 Å². The van der Waals surface area contributed by atoms with E-state index in [1.807, 2.05) is 0 Å². The minimum atomic E-state index is 0.138. The van der Waals surface area contributed by atoms with E-state index < -0.39 is 0 Å². The number of aliphatic hydroxyl groups is 1. The molecule has 0 fully saturated rings. The van der Waals surface area contributed by atoms with Crippen LogP contribution in [0.1, 0.15) is 59.3 Å². The molecule has 2 unspecified atom stereocenters. The van der Waals surface area contributed by atoms with E-state index >= 15 is 0 Å². The van der Waals surface area contributed by atoms with Crippen LogP contribution < -0.4 is 5.73 Å². The van der Waals surface area contributed by atoms with Gasteiger partial charge in [-0.3, -0.25) is 0 Å². The number of aliphatic hydroxyl groups excluding tert-OH is 1. The lowest BCUT2D eigenvalue weighted by atomic mass is 9.74. The van der Waals surface area contributed by atoms with E-state index in [2.05, 4.69) is 20.8 Å². The van der Waals surface area contributed by atoms with Crippen molar-refractivity contribution in [1.82, 2.24) is 0 Å². The van der Waals surface area contributed by atoms with Crippen molar-refractivity contribution in [2.45, 2.75) is 65.3 Å². The third-order valence-corrected chi connectivity index (χ3v) is 3.37. The largest absolute Gasteiger partial charge is 0.396 e. The summed E-state index contributed by atoms with van der Waals surface area (Å²) in [4.78, 5) is 0. The van der Waals surface area contributed by atoms with Crippen LogP contribution in [0, 0.1) is 5.41 Å². The maximum atomic E-state index is 9.05. The SMILES string of the molecule is CCCCCC(C)(CCO)C(N)CC. The quantitative estimate of drug-likeness (QED) is 0.593. The van der Waals surface area contributed by atoms with Crippen LogP contribution in [0.15, 0.2) is 0 Å². The van der Waals surface area contributed by atoms with Crippen molar-refractivity contribution in [2.24, 2.45) is 11.1 Å². The minimum Gasteiger partial charge on any atom is -0.396 e. The lowest BCUT2D eigenvalue weighted by Crippen LogP contribution is -2.39. The molecule has 0 spiro atoms. The zero-order valence-corrected chi connectivity index (χ0v) is 10.1. The van der Waals surface area contributed by atoms with E-state index in [0.717, 1.165) is 19.3 Å². The molecule has 0 aromatic rings. The monoisotopic (exact) mass is 201 g/mol. The Morgan fingerprint density at radius 1 is 1.21 bits per heavy atom. The van der Waals surface area contributed by atoms with Crippen molar-refractivity contribution >= 4 is 0 Å². The predicted octanol–water partition coefficient (Wildman–Crippen LogP) is 2.69. The van der Waals surface area contributed by atoms with Crippen LogP contribution in [0.2, 0.25) is 0 Å². The molecular formula is C12H27NO. The average molecular weight is 201 g/mol. The number of rotatable bonds is 8. The Hall–Kier alpha value is -0.0800. The lowest BCUT2D eigenvalue weighted by Gasteiger charge is -2.35. The van der Waals surface area contributed by atoms with Crippen LogP contribution in [0.5, 0.6) is 0 Å². The maximum Gasteiger partial charge on any atom is 0.0436 e. The molecular weight excluding hydrogens is 174 g/mol. The normalized spacial score (nSPS) is 17.8. The molecule has 14 heavy (non-hydrogen) atoms. The molecule has 0 aromatic carbocycles. The number of nitrogens with two attached hydrogens (primary N) is 1. The lowest BCUT2D eigenvalue weighted by molar-refractivity contribution is 0.148. The molecule has 0 rings (SSSR count). The standard InChI is InChI=1S/C12H27NO/c1-4-6-7-8-12(3,9-10-14)11(13)5-2/h11,14H,4-10,13H2,1-3H3. The van der Waals surface area contributed by atoms with Crippen molar-refractivity contribution in [3.8, 4) is 0 Å². The van der Waals surface area contributed by atoms with Gasteiger partial charge in [-0.05, 0) is 24.7 Å². The van der Waals surface area contributed by atoms with Gasteiger partial charge in [0, 0.05) is 12.6 Å². The van der Waals surface area contributed by atoms with Gasteiger partial charge in [-0.15, -0.1) is 0 Å². The van der Waals surface area contributed by atoms with E-state index in [9.17, 15) is 0 Å². The Morgan fingerprint density at radius 2 is 1.86 bits per heavy atom. The Kier molecular flexibility index (Phi) is 7.20. The summed E-state index contributed by atoms with van der Waals surface area (Å²) < 4.78 is 0. The van der Waals surface area contributed by atoms with Crippen molar-refractivity contribution in [3.63, 3.8) is 0 Å². The third kappa shape index (κ3) is 4.43. The second-order valence-electron chi connectivity index (χ2n) is 4.60. The maximum absolute atomic E-state index is 9.05. The highest BCUT2D eigenvalue weighted by Crippen LogP contribution is 2.32. The molecule has 0 heterocycles. The van der Waals surface area contributed by atoms with Gasteiger partial charge in [0.1, 0.15) is 0 Å². The summed E-state index contributed by atoms with van der Waals surface area (Å²) in [5.74, 6) is 0. The molecule has 0 saturated heterocycles. The summed E-state index contributed by atoms with van der Waals surface area (Å²) in [7, 11) is 0. The Morgan fingerprint density at radius 3 is 2.29 bits per heavy atom. The average Bonchev–Trinajstić information content (AvgIpc) is 2.17. The van der Waals surface area contributed by atoms with Crippen molar-refractivity contribution in [2.75, 3.05) is 6.61 Å². The smallest absolute Gasteiger partial charge is 0.0436 e. The van der Waals surface area contributed by atoms with Gasteiger partial charge in [-0.1, -0.05) is 40.0 Å². The molecule has 2 heteroatoms. The zero-order valence-electron chi connectivity index (χ0n) is 10.1. The van der Waals surface area contributed by atoms with Crippen LogP contribution in [0.3, 0.4) is 0 Å². The van der Waals surface area contributed by atoms with Gasteiger partial charge < -0.3 is 10.8 Å². The van der Waals surface area contributed by atoms with Crippen molar-refractivity contribution in [3.05, 3.63) is 0 Å². The van der Waals surface area contributed by atoms with Gasteiger partial charge in [0.2, 0.25) is 0 Å². The van der Waals surface area contributed by atoms with Crippen molar-refractivity contribution in [1.29, 1.82) is 0 Å². The summed E-state index contributed by atoms with van der Waals surface area (Å²) in [6, 6.07) is 0.228. The van der Waals surface area contributed by atoms with Crippen LogP contribution in [-0.4, -0.2) is 17.8 Å². The summed E-state index contributed by atoms with van der Waals surface area (Å²) in [6.45, 7) is 6.81. The van der Waals surface area contributed by atoms with Crippen molar-refractivity contribution < 1.29 is 5.11 Å². The second kappa shape index (κ2) is 7.24. The van der Waals surface area contributed by atoms with E-state index in [4.69, 9.17) is 10.8 Å². The van der Waals surface area contributed by atoms with Crippen LogP contribution >= 0.6 is 0 Å². The number of hydrogen-bond donors (Lipinski definition) is 2. The molecule has 0 aromatic heterocycles. The van der Waals surface area contributed by atoms with Gasteiger partial charge in [-0.2, -0.15) is 0 Å². The highest BCUT2D eigenvalue weighted by molar-refractivity contribution is 4.84. The molecule has 0 aliphatic carbocycles. The molecule has 0 saturated carbocycles. The summed E-state index contributed by atoms with van der Waals surface area (Å²) in [5.41, 5.74) is 6.25. The summed E-state index contributed by atoms with van der Waals surface area (Å²) in [5, 5.41) is 9.05. The molecule has 2 nitrogen and oxygen atoms in total. The molecule has 0 aliphatic heterocycles. The zero-order chi connectivity index (χ0) is 11.0. The van der Waals surface area contributed by atoms with Crippen LogP contribution in [0.4, 0.5) is 0 Å². The van der Waals surface area contributed by atoms with E-state index in [1.54, 1.807) is 0 Å². The molecule has 0 radical (unpaired) electrons. The Bertz CT molecular complexity index is 138. The Balaban J connectivity index is 4.08. The molecule has 2 atom stereocenters. The number of hydrogen-bond acceptors (Lipinski definition) is 2. The molecule has 0 amide bonds. The fraction of sp³-hybridized carbons (Fsp3) is 1.00. The molecule has 0 aliphatic rings. The highest BCUT2D eigenvalue weighted by atomic mass is 16.3. The van der Waals surface area contributed by atoms with Gasteiger partial charge in [0.15, 0.2) is 0 Å². The van der Waals surface area contributed by atoms with E-state index in [0.29, 0.717) is 0 Å². The molecule has 86 valence electrons. The first-order valence-electron chi connectivity index (χ1n) is 5.97. The van der Waals surface area contributed by atoms with Gasteiger partial charge >= 0.3 is 0 Å². The molecule has 0 bridgehead atoms. The second-order valence-corrected chi connectivity index (χ2v) is 4.60. The van der Waals surface area contributed by atoms with E-state index in [-0.39, 0.29) is 18.1 Å². The fourth-order valence-corrected chi connectivity index (χ4v) is 2.02. The first-order valence-corrected chi connectivity index (χ1v) is 5.97. The van der Waals surface area contributed by atoms with Crippen LogP contribution in [0.25, 0.3) is 0 Å².